The highest BCUT2D eigenvalue weighted by atomic mass is 16.5. The summed E-state index contributed by atoms with van der Waals surface area (Å²) in [5, 5.41) is 37.9. The topological polar surface area (TPSA) is 192 Å². The van der Waals surface area contributed by atoms with Gasteiger partial charge < -0.3 is 25.0 Å². The first kappa shape index (κ1) is 33.4. The minimum absolute atomic E-state index is 0.201. The second-order valence-corrected chi connectivity index (χ2v) is 10.9. The number of carboxylic acid groups (broad SMARTS) is 2. The molecule has 3 N–H and O–H groups in total. The van der Waals surface area contributed by atoms with Crippen LogP contribution in [0.25, 0.3) is 22.6 Å². The van der Waals surface area contributed by atoms with Crippen LogP contribution in [0.3, 0.4) is 0 Å². The molecule has 1 aliphatic rings. The van der Waals surface area contributed by atoms with Gasteiger partial charge in [-0.15, -0.1) is 0 Å². The molecule has 1 saturated heterocycles. The Labute approximate surface area is 265 Å². The van der Waals surface area contributed by atoms with Gasteiger partial charge in [-0.3, -0.25) is 9.59 Å². The van der Waals surface area contributed by atoms with Gasteiger partial charge in [0.2, 0.25) is 0 Å². The number of nitrogens with zero attached hydrogens (tertiary/aromatic N) is 6. The molecule has 4 aromatic rings. The Kier molecular flexibility index (Phi) is 11.7. The fourth-order valence-corrected chi connectivity index (χ4v) is 4.68. The lowest BCUT2D eigenvalue weighted by Crippen LogP contribution is -2.32. The van der Waals surface area contributed by atoms with Gasteiger partial charge in [0.15, 0.2) is 17.7 Å². The van der Waals surface area contributed by atoms with E-state index in [9.17, 15) is 19.6 Å². The van der Waals surface area contributed by atoms with Gasteiger partial charge in [0.25, 0.3) is 5.56 Å². The van der Waals surface area contributed by atoms with Gasteiger partial charge in [-0.1, -0.05) is 30.3 Å². The van der Waals surface area contributed by atoms with Crippen LogP contribution < -0.4 is 10.3 Å². The maximum absolute atomic E-state index is 12.5. The maximum Gasteiger partial charge on any atom is 0.333 e. The molecular formula is C33H34N6O7. The van der Waals surface area contributed by atoms with Gasteiger partial charge in [-0.2, -0.15) is 10.4 Å². The van der Waals surface area contributed by atoms with E-state index >= 15 is 0 Å². The fourth-order valence-electron chi connectivity index (χ4n) is 4.68. The molecule has 0 aliphatic carbocycles. The monoisotopic (exact) mass is 626 g/mol. The minimum atomic E-state index is -1.79. The molecule has 3 heterocycles. The lowest BCUT2D eigenvalue weighted by molar-refractivity contribution is -0.152. The highest BCUT2D eigenvalue weighted by Gasteiger charge is 2.18. The van der Waals surface area contributed by atoms with Crippen LogP contribution in [-0.4, -0.2) is 84.8 Å². The van der Waals surface area contributed by atoms with Crippen molar-refractivity contribution in [3.05, 3.63) is 94.5 Å². The number of carboxylic acids is 2. The smallest absolute Gasteiger partial charge is 0.333 e. The van der Waals surface area contributed by atoms with Crippen molar-refractivity contribution in [1.82, 2.24) is 24.6 Å². The van der Waals surface area contributed by atoms with E-state index < -0.39 is 24.5 Å². The largest absolute Gasteiger partial charge is 0.490 e. The summed E-state index contributed by atoms with van der Waals surface area (Å²) in [6.45, 7) is 3.21. The molecule has 2 aromatic carbocycles. The van der Waals surface area contributed by atoms with Crippen molar-refractivity contribution >= 4 is 11.9 Å². The standard InChI is InChI=1S/C29H28N6O2.C4H6O5/c1-34-12-10-21(11-13-34)20-37-26-17-31-29(32-18-26)25-7-3-5-23(15-25)19-35-28(36)9-8-27(33-35)24-6-2-4-22(14-24)16-30;5-2(4(8)9)1-3(6)7/h2-9,14-15,17-18,21H,10-13,19-20H2,1H3;2,5H,1H2,(H,6,7)(H,8,9). The molecule has 0 radical (unpaired) electrons. The number of rotatable bonds is 10. The predicted octanol–water partition coefficient (Wildman–Crippen LogP) is 2.91. The zero-order valence-electron chi connectivity index (χ0n) is 25.2. The zero-order valence-corrected chi connectivity index (χ0v) is 25.2. The number of piperidine rings is 1. The third kappa shape index (κ3) is 9.78. The number of aromatic nitrogens is 4. The Balaban J connectivity index is 0.000000468. The number of aliphatic hydroxyl groups excluding tert-OH is 1. The highest BCUT2D eigenvalue weighted by Crippen LogP contribution is 2.21. The molecule has 0 amide bonds. The Morgan fingerprint density at radius 2 is 1.72 bits per heavy atom. The number of ether oxygens (including phenoxy) is 1. The summed E-state index contributed by atoms with van der Waals surface area (Å²) in [6, 6.07) is 20.3. The first-order chi connectivity index (χ1) is 22.1. The van der Waals surface area contributed by atoms with E-state index in [1.165, 1.54) is 10.7 Å². The molecule has 5 rings (SSSR count). The maximum atomic E-state index is 12.5. The number of carbonyl (C=O) groups is 2. The molecular weight excluding hydrogens is 592 g/mol. The van der Waals surface area contributed by atoms with Gasteiger partial charge in [0.1, 0.15) is 0 Å². The van der Waals surface area contributed by atoms with Crippen molar-refractivity contribution in [1.29, 1.82) is 5.26 Å². The van der Waals surface area contributed by atoms with Crippen molar-refractivity contribution in [2.75, 3.05) is 26.7 Å². The van der Waals surface area contributed by atoms with Crippen LogP contribution in [0.2, 0.25) is 0 Å². The summed E-state index contributed by atoms with van der Waals surface area (Å²) in [4.78, 5) is 43.3. The van der Waals surface area contributed by atoms with Crippen molar-refractivity contribution in [2.24, 2.45) is 5.92 Å². The SMILES string of the molecule is CN1CCC(COc2cnc(-c3cccc(Cn4nc(-c5cccc(C#N)c5)ccc4=O)c3)nc2)CC1.O=C(O)CC(O)C(=O)O. The molecule has 0 bridgehead atoms. The van der Waals surface area contributed by atoms with Crippen LogP contribution in [-0.2, 0) is 16.1 Å². The first-order valence-electron chi connectivity index (χ1n) is 14.6. The van der Waals surface area contributed by atoms with E-state index in [0.717, 1.165) is 42.6 Å². The van der Waals surface area contributed by atoms with Crippen LogP contribution in [0.15, 0.2) is 77.9 Å². The van der Waals surface area contributed by atoms with Gasteiger partial charge in [-0.05, 0) is 68.7 Å². The van der Waals surface area contributed by atoms with E-state index in [1.54, 1.807) is 36.7 Å². The van der Waals surface area contributed by atoms with E-state index in [4.69, 9.17) is 20.1 Å². The number of nitriles is 1. The van der Waals surface area contributed by atoms with Gasteiger partial charge in [-0.25, -0.2) is 19.4 Å². The van der Waals surface area contributed by atoms with Crippen LogP contribution >= 0.6 is 0 Å². The van der Waals surface area contributed by atoms with Gasteiger partial charge >= 0.3 is 11.9 Å². The molecule has 1 unspecified atom stereocenters. The van der Waals surface area contributed by atoms with Crippen LogP contribution in [0.4, 0.5) is 0 Å². The highest BCUT2D eigenvalue weighted by molar-refractivity contribution is 5.79. The van der Waals surface area contributed by atoms with E-state index in [-0.39, 0.29) is 5.56 Å². The van der Waals surface area contributed by atoms with Crippen molar-refractivity contribution in [2.45, 2.75) is 31.9 Å². The molecule has 0 spiro atoms. The van der Waals surface area contributed by atoms with E-state index in [1.807, 2.05) is 30.3 Å². The third-order valence-electron chi connectivity index (χ3n) is 7.28. The Hall–Kier alpha value is -5.45. The number of hydrogen-bond donors (Lipinski definition) is 3. The van der Waals surface area contributed by atoms with E-state index in [0.29, 0.717) is 41.9 Å². The zero-order chi connectivity index (χ0) is 33.1. The van der Waals surface area contributed by atoms with Crippen molar-refractivity contribution in [3.63, 3.8) is 0 Å². The van der Waals surface area contributed by atoms with Gasteiger partial charge in [0.05, 0.1) is 49.3 Å². The number of hydrogen-bond acceptors (Lipinski definition) is 10. The summed E-state index contributed by atoms with van der Waals surface area (Å²) in [5.74, 6) is -1.01. The van der Waals surface area contributed by atoms with Crippen LogP contribution in [0.1, 0.15) is 30.4 Å². The average Bonchev–Trinajstić information content (AvgIpc) is 3.06. The van der Waals surface area contributed by atoms with Crippen LogP contribution in [0, 0.1) is 17.2 Å². The molecule has 2 aromatic heterocycles. The minimum Gasteiger partial charge on any atom is -0.490 e. The number of aliphatic hydroxyl groups is 1. The Morgan fingerprint density at radius 1 is 1.02 bits per heavy atom. The third-order valence-corrected chi connectivity index (χ3v) is 7.28. The molecule has 238 valence electrons. The first-order valence-corrected chi connectivity index (χ1v) is 14.6. The molecule has 1 aliphatic heterocycles. The quantitative estimate of drug-likeness (QED) is 0.234. The second-order valence-electron chi connectivity index (χ2n) is 10.9. The summed E-state index contributed by atoms with van der Waals surface area (Å²) >= 11 is 0. The summed E-state index contributed by atoms with van der Waals surface area (Å²) in [5.41, 5.74) is 3.52. The lowest BCUT2D eigenvalue weighted by Gasteiger charge is -2.28. The normalized spacial score (nSPS) is 13.9. The summed E-state index contributed by atoms with van der Waals surface area (Å²) in [7, 11) is 2.15. The number of aliphatic carboxylic acids is 2. The Morgan fingerprint density at radius 3 is 2.37 bits per heavy atom. The molecule has 13 nitrogen and oxygen atoms in total. The van der Waals surface area contributed by atoms with E-state index in [2.05, 4.69) is 33.1 Å². The van der Waals surface area contributed by atoms with Gasteiger partial charge in [0, 0.05) is 17.2 Å². The fraction of sp³-hybridized carbons (Fsp3) is 0.303. The number of benzene rings is 2. The molecule has 1 atom stereocenters. The molecule has 1 fully saturated rings. The summed E-state index contributed by atoms with van der Waals surface area (Å²) < 4.78 is 7.37. The Bertz CT molecular complexity index is 1740. The molecule has 13 heteroatoms. The molecule has 0 saturated carbocycles. The van der Waals surface area contributed by atoms with Crippen LogP contribution in [0.5, 0.6) is 5.75 Å². The second kappa shape index (κ2) is 16.0. The predicted molar refractivity (Wildman–Crippen MR) is 167 cm³/mol. The van der Waals surface area contributed by atoms with Crippen molar-refractivity contribution in [3.8, 4) is 34.5 Å². The summed E-state index contributed by atoms with van der Waals surface area (Å²) in [6.07, 6.45) is 3.19. The van der Waals surface area contributed by atoms with Crippen molar-refractivity contribution < 1.29 is 29.6 Å². The average molecular weight is 627 g/mol. The number of likely N-dealkylation sites (tertiary alicyclic amines) is 1. The molecule has 46 heavy (non-hydrogen) atoms. The lowest BCUT2D eigenvalue weighted by atomic mass is 9.98.